The molecular weight excluding hydrogens is 280 g/mol. The fourth-order valence-corrected chi connectivity index (χ4v) is 2.10. The number of hydrogen-bond acceptors (Lipinski definition) is 5. The maximum Gasteiger partial charge on any atom is 0.231 e. The van der Waals surface area contributed by atoms with Crippen LogP contribution in [0.1, 0.15) is 17.0 Å². The Labute approximate surface area is 121 Å². The lowest BCUT2D eigenvalue weighted by molar-refractivity contribution is 0.174. The zero-order chi connectivity index (χ0) is 14.1. The van der Waals surface area contributed by atoms with Gasteiger partial charge >= 0.3 is 0 Å². The standard InChI is InChI=1S/C14H13ClN2O3/c1-8-13(15)16-9(2)17-14(8)18-6-10-3-4-11-12(5-10)20-7-19-11/h3-5H,6-7H2,1-2H3. The second-order valence-corrected chi connectivity index (χ2v) is 4.83. The van der Waals surface area contributed by atoms with E-state index in [0.29, 0.717) is 23.5 Å². The maximum absolute atomic E-state index is 6.01. The summed E-state index contributed by atoms with van der Waals surface area (Å²) in [6.07, 6.45) is 0. The summed E-state index contributed by atoms with van der Waals surface area (Å²) < 4.78 is 16.3. The molecule has 0 unspecified atom stereocenters. The minimum absolute atomic E-state index is 0.263. The fraction of sp³-hybridized carbons (Fsp3) is 0.286. The van der Waals surface area contributed by atoms with Crippen molar-refractivity contribution in [2.45, 2.75) is 20.5 Å². The summed E-state index contributed by atoms with van der Waals surface area (Å²) in [5, 5.41) is 0.415. The number of nitrogens with zero attached hydrogens (tertiary/aromatic N) is 2. The highest BCUT2D eigenvalue weighted by Gasteiger charge is 2.14. The first-order chi connectivity index (χ1) is 9.63. The third kappa shape index (κ3) is 2.49. The van der Waals surface area contributed by atoms with Gasteiger partial charge in [0.15, 0.2) is 11.5 Å². The second kappa shape index (κ2) is 5.17. The van der Waals surface area contributed by atoms with Gasteiger partial charge in [-0.1, -0.05) is 17.7 Å². The summed E-state index contributed by atoms with van der Waals surface area (Å²) >= 11 is 6.01. The Balaban J connectivity index is 1.77. The summed E-state index contributed by atoms with van der Waals surface area (Å²) in [6, 6.07) is 5.69. The smallest absolute Gasteiger partial charge is 0.231 e. The molecule has 1 aliphatic heterocycles. The van der Waals surface area contributed by atoms with Crippen LogP contribution in [0.2, 0.25) is 5.15 Å². The minimum atomic E-state index is 0.263. The van der Waals surface area contributed by atoms with E-state index in [-0.39, 0.29) is 6.79 Å². The molecule has 5 nitrogen and oxygen atoms in total. The van der Waals surface area contributed by atoms with Gasteiger partial charge in [0, 0.05) is 5.56 Å². The second-order valence-electron chi connectivity index (χ2n) is 4.47. The highest BCUT2D eigenvalue weighted by atomic mass is 35.5. The molecule has 0 radical (unpaired) electrons. The minimum Gasteiger partial charge on any atom is -0.472 e. The molecule has 20 heavy (non-hydrogen) atoms. The van der Waals surface area contributed by atoms with E-state index in [1.54, 1.807) is 6.92 Å². The van der Waals surface area contributed by atoms with E-state index < -0.39 is 0 Å². The first kappa shape index (κ1) is 13.0. The van der Waals surface area contributed by atoms with Crippen molar-refractivity contribution < 1.29 is 14.2 Å². The van der Waals surface area contributed by atoms with E-state index >= 15 is 0 Å². The molecule has 0 spiro atoms. The molecule has 0 fully saturated rings. The number of aromatic nitrogens is 2. The quantitative estimate of drug-likeness (QED) is 0.814. The Kier molecular flexibility index (Phi) is 3.36. The van der Waals surface area contributed by atoms with Gasteiger partial charge in [-0.3, -0.25) is 0 Å². The van der Waals surface area contributed by atoms with Crippen molar-refractivity contribution in [1.82, 2.24) is 9.97 Å². The van der Waals surface area contributed by atoms with Crippen LogP contribution in [0.25, 0.3) is 0 Å². The Morgan fingerprint density at radius 1 is 1.20 bits per heavy atom. The number of fused-ring (bicyclic) bond motifs is 1. The van der Waals surface area contributed by atoms with Gasteiger partial charge < -0.3 is 14.2 Å². The van der Waals surface area contributed by atoms with Crippen molar-refractivity contribution in [3.05, 3.63) is 40.3 Å². The molecule has 2 heterocycles. The summed E-state index contributed by atoms with van der Waals surface area (Å²) in [4.78, 5) is 8.32. The molecule has 104 valence electrons. The Morgan fingerprint density at radius 2 is 2.00 bits per heavy atom. The van der Waals surface area contributed by atoms with E-state index in [4.69, 9.17) is 25.8 Å². The van der Waals surface area contributed by atoms with Crippen LogP contribution in [0, 0.1) is 13.8 Å². The van der Waals surface area contributed by atoms with E-state index in [1.807, 2.05) is 25.1 Å². The zero-order valence-electron chi connectivity index (χ0n) is 11.1. The van der Waals surface area contributed by atoms with Crippen LogP contribution in [0.4, 0.5) is 0 Å². The normalized spacial score (nSPS) is 12.6. The first-order valence-corrected chi connectivity index (χ1v) is 6.53. The van der Waals surface area contributed by atoms with Gasteiger partial charge in [0.25, 0.3) is 0 Å². The molecule has 1 aliphatic rings. The van der Waals surface area contributed by atoms with Crippen LogP contribution < -0.4 is 14.2 Å². The molecule has 0 N–H and O–H groups in total. The molecule has 2 aromatic rings. The lowest BCUT2D eigenvalue weighted by atomic mass is 10.2. The van der Waals surface area contributed by atoms with Crippen molar-refractivity contribution in [3.63, 3.8) is 0 Å². The Bertz CT molecular complexity index is 661. The maximum atomic E-state index is 6.01. The van der Waals surface area contributed by atoms with Gasteiger partial charge in [-0.15, -0.1) is 0 Å². The van der Waals surface area contributed by atoms with Crippen LogP contribution in [-0.2, 0) is 6.61 Å². The molecule has 1 aromatic carbocycles. The van der Waals surface area contributed by atoms with Gasteiger partial charge in [0.05, 0.1) is 0 Å². The molecule has 0 aliphatic carbocycles. The SMILES string of the molecule is Cc1nc(Cl)c(C)c(OCc2ccc3c(c2)OCO3)n1. The predicted octanol–water partition coefficient (Wildman–Crippen LogP) is 3.05. The van der Waals surface area contributed by atoms with Crippen LogP contribution in [-0.4, -0.2) is 16.8 Å². The first-order valence-electron chi connectivity index (χ1n) is 6.15. The monoisotopic (exact) mass is 292 g/mol. The topological polar surface area (TPSA) is 53.5 Å². The average molecular weight is 293 g/mol. The number of rotatable bonds is 3. The molecule has 0 atom stereocenters. The molecule has 0 amide bonds. The lowest BCUT2D eigenvalue weighted by Gasteiger charge is -2.10. The highest BCUT2D eigenvalue weighted by Crippen LogP contribution is 2.33. The fourth-order valence-electron chi connectivity index (χ4n) is 1.89. The molecular formula is C14H13ClN2O3. The number of benzene rings is 1. The predicted molar refractivity (Wildman–Crippen MR) is 73.4 cm³/mol. The van der Waals surface area contributed by atoms with Crippen molar-refractivity contribution in [1.29, 1.82) is 0 Å². The lowest BCUT2D eigenvalue weighted by Crippen LogP contribution is -2.02. The van der Waals surface area contributed by atoms with Crippen molar-refractivity contribution in [2.24, 2.45) is 0 Å². The van der Waals surface area contributed by atoms with Crippen LogP contribution >= 0.6 is 11.6 Å². The number of halogens is 1. The number of aryl methyl sites for hydroxylation is 1. The van der Waals surface area contributed by atoms with Gasteiger partial charge in [-0.25, -0.2) is 4.98 Å². The summed E-state index contributed by atoms with van der Waals surface area (Å²) in [5.74, 6) is 2.58. The number of hydrogen-bond donors (Lipinski definition) is 0. The summed E-state index contributed by atoms with van der Waals surface area (Å²) in [5.41, 5.74) is 1.71. The van der Waals surface area contributed by atoms with E-state index in [2.05, 4.69) is 9.97 Å². The van der Waals surface area contributed by atoms with E-state index in [1.165, 1.54) is 0 Å². The van der Waals surface area contributed by atoms with Gasteiger partial charge in [-0.05, 0) is 31.5 Å². The van der Waals surface area contributed by atoms with Crippen molar-refractivity contribution in [2.75, 3.05) is 6.79 Å². The van der Waals surface area contributed by atoms with Gasteiger partial charge in [-0.2, -0.15) is 4.98 Å². The zero-order valence-corrected chi connectivity index (χ0v) is 11.9. The number of ether oxygens (including phenoxy) is 3. The van der Waals surface area contributed by atoms with E-state index in [0.717, 1.165) is 22.6 Å². The molecule has 3 rings (SSSR count). The highest BCUT2D eigenvalue weighted by molar-refractivity contribution is 6.30. The van der Waals surface area contributed by atoms with Crippen LogP contribution in [0.15, 0.2) is 18.2 Å². The summed E-state index contributed by atoms with van der Waals surface area (Å²) in [7, 11) is 0. The third-order valence-electron chi connectivity index (χ3n) is 2.97. The van der Waals surface area contributed by atoms with Gasteiger partial charge in [0.1, 0.15) is 17.6 Å². The van der Waals surface area contributed by atoms with Gasteiger partial charge in [0.2, 0.25) is 12.7 Å². The molecule has 0 saturated heterocycles. The van der Waals surface area contributed by atoms with Crippen LogP contribution in [0.5, 0.6) is 17.4 Å². The Morgan fingerprint density at radius 3 is 2.85 bits per heavy atom. The van der Waals surface area contributed by atoms with Crippen molar-refractivity contribution in [3.8, 4) is 17.4 Å². The molecule has 0 bridgehead atoms. The average Bonchev–Trinajstić information content (AvgIpc) is 2.88. The molecule has 6 heteroatoms. The largest absolute Gasteiger partial charge is 0.472 e. The van der Waals surface area contributed by atoms with Crippen molar-refractivity contribution >= 4 is 11.6 Å². The summed E-state index contributed by atoms with van der Waals surface area (Å²) in [6.45, 7) is 4.25. The van der Waals surface area contributed by atoms with Crippen LogP contribution in [0.3, 0.4) is 0 Å². The molecule has 1 aromatic heterocycles. The third-order valence-corrected chi connectivity index (χ3v) is 3.33. The molecule has 0 saturated carbocycles. The Hall–Kier alpha value is -2.01. The van der Waals surface area contributed by atoms with E-state index in [9.17, 15) is 0 Å².